The fourth-order valence-electron chi connectivity index (χ4n) is 2.47. The molecule has 104 valence electrons. The van der Waals surface area contributed by atoms with Crippen LogP contribution in [-0.4, -0.2) is 67.9 Å². The predicted octanol–water partition coefficient (Wildman–Crippen LogP) is 1.06. The van der Waals surface area contributed by atoms with E-state index in [0.29, 0.717) is 0 Å². The summed E-state index contributed by atoms with van der Waals surface area (Å²) in [4.78, 5) is 18.8. The second-order valence-corrected chi connectivity index (χ2v) is 5.39. The first-order valence-corrected chi connectivity index (χ1v) is 6.78. The van der Waals surface area contributed by atoms with Crippen LogP contribution in [0, 0.1) is 0 Å². The molecule has 0 unspecified atom stereocenters. The van der Waals surface area contributed by atoms with Crippen LogP contribution >= 0.6 is 0 Å². The largest absolute Gasteiger partial charge is 0.347 e. The molecule has 0 aliphatic carbocycles. The lowest BCUT2D eigenvalue weighted by Gasteiger charge is -2.38. The number of carbonyl (C=O) groups excluding carboxylic acids is 1. The summed E-state index contributed by atoms with van der Waals surface area (Å²) in [6.07, 6.45) is 0. The number of benzene rings is 1. The summed E-state index contributed by atoms with van der Waals surface area (Å²) in [5.41, 5.74) is 1.09. The molecular formula is C15H23N3O. The second kappa shape index (κ2) is 6.17. The summed E-state index contributed by atoms with van der Waals surface area (Å²) in [6.45, 7) is 3.92. The van der Waals surface area contributed by atoms with Gasteiger partial charge in [0, 0.05) is 40.3 Å². The van der Waals surface area contributed by atoms with Gasteiger partial charge in [-0.1, -0.05) is 30.3 Å². The third kappa shape index (κ3) is 3.33. The molecule has 4 heteroatoms. The summed E-state index contributed by atoms with van der Waals surface area (Å²) >= 11 is 0. The van der Waals surface area contributed by atoms with Crippen molar-refractivity contribution < 1.29 is 4.79 Å². The monoisotopic (exact) mass is 261 g/mol. The molecule has 19 heavy (non-hydrogen) atoms. The number of hydrogen-bond donors (Lipinski definition) is 0. The lowest BCUT2D eigenvalue weighted by molar-refractivity contribution is -0.135. The fraction of sp³-hybridized carbons (Fsp3) is 0.533. The van der Waals surface area contributed by atoms with E-state index in [9.17, 15) is 4.79 Å². The molecule has 4 nitrogen and oxygen atoms in total. The molecule has 1 aromatic carbocycles. The van der Waals surface area contributed by atoms with Crippen LogP contribution in [0.1, 0.15) is 11.6 Å². The summed E-state index contributed by atoms with van der Waals surface area (Å²) < 4.78 is 0. The lowest BCUT2D eigenvalue weighted by Crippen LogP contribution is -2.49. The van der Waals surface area contributed by atoms with Crippen LogP contribution in [0.2, 0.25) is 0 Å². The Morgan fingerprint density at radius 2 is 1.68 bits per heavy atom. The van der Waals surface area contributed by atoms with Crippen molar-refractivity contribution in [3.8, 4) is 0 Å². The topological polar surface area (TPSA) is 26.8 Å². The maximum absolute atomic E-state index is 12.5. The molecule has 0 spiro atoms. The molecule has 1 heterocycles. The van der Waals surface area contributed by atoms with Crippen molar-refractivity contribution in [1.29, 1.82) is 0 Å². The Morgan fingerprint density at radius 1 is 1.11 bits per heavy atom. The van der Waals surface area contributed by atoms with Gasteiger partial charge in [0.05, 0.1) is 0 Å². The molecule has 1 fully saturated rings. The second-order valence-electron chi connectivity index (χ2n) is 5.39. The van der Waals surface area contributed by atoms with E-state index in [1.165, 1.54) is 0 Å². The van der Waals surface area contributed by atoms with Gasteiger partial charge in [-0.25, -0.2) is 0 Å². The molecular weight excluding hydrogens is 238 g/mol. The van der Waals surface area contributed by atoms with Crippen LogP contribution in [0.3, 0.4) is 0 Å². The van der Waals surface area contributed by atoms with Gasteiger partial charge in [0.1, 0.15) is 6.04 Å². The number of rotatable bonds is 3. The van der Waals surface area contributed by atoms with Crippen LogP contribution in [0.4, 0.5) is 0 Å². The maximum Gasteiger partial charge on any atom is 0.244 e. The minimum atomic E-state index is -0.148. The van der Waals surface area contributed by atoms with Gasteiger partial charge in [-0.15, -0.1) is 0 Å². The summed E-state index contributed by atoms with van der Waals surface area (Å²) in [6, 6.07) is 9.94. The van der Waals surface area contributed by atoms with Crippen LogP contribution in [-0.2, 0) is 4.79 Å². The summed E-state index contributed by atoms with van der Waals surface area (Å²) in [7, 11) is 5.78. The van der Waals surface area contributed by atoms with E-state index >= 15 is 0 Å². The third-order valence-corrected chi connectivity index (χ3v) is 3.69. The average molecular weight is 261 g/mol. The third-order valence-electron chi connectivity index (χ3n) is 3.69. The minimum absolute atomic E-state index is 0.148. The van der Waals surface area contributed by atoms with E-state index in [2.05, 4.69) is 16.8 Å². The average Bonchev–Trinajstić information content (AvgIpc) is 2.42. The van der Waals surface area contributed by atoms with Crippen molar-refractivity contribution in [2.45, 2.75) is 6.04 Å². The Kier molecular flexibility index (Phi) is 4.56. The molecule has 1 aliphatic rings. The first-order chi connectivity index (χ1) is 9.09. The Labute approximate surface area is 115 Å². The van der Waals surface area contributed by atoms with Crippen molar-refractivity contribution in [2.75, 3.05) is 47.3 Å². The Morgan fingerprint density at radius 3 is 2.21 bits per heavy atom. The van der Waals surface area contributed by atoms with Crippen LogP contribution < -0.4 is 0 Å². The minimum Gasteiger partial charge on any atom is -0.347 e. The molecule has 0 radical (unpaired) electrons. The zero-order valence-electron chi connectivity index (χ0n) is 12.0. The van der Waals surface area contributed by atoms with Crippen LogP contribution in [0.5, 0.6) is 0 Å². The van der Waals surface area contributed by atoms with Crippen molar-refractivity contribution in [3.05, 3.63) is 35.9 Å². The van der Waals surface area contributed by atoms with Gasteiger partial charge in [-0.05, 0) is 12.6 Å². The molecule has 1 amide bonds. The highest BCUT2D eigenvalue weighted by Gasteiger charge is 2.30. The van der Waals surface area contributed by atoms with E-state index in [1.807, 2.05) is 44.4 Å². The Balaban J connectivity index is 2.22. The first kappa shape index (κ1) is 14.0. The molecule has 1 saturated heterocycles. The van der Waals surface area contributed by atoms with Gasteiger partial charge < -0.3 is 9.80 Å². The fourth-order valence-corrected chi connectivity index (χ4v) is 2.47. The van der Waals surface area contributed by atoms with E-state index in [-0.39, 0.29) is 11.9 Å². The van der Waals surface area contributed by atoms with Gasteiger partial charge in [0.15, 0.2) is 0 Å². The highest BCUT2D eigenvalue weighted by Crippen LogP contribution is 2.23. The Hall–Kier alpha value is -1.39. The van der Waals surface area contributed by atoms with Gasteiger partial charge in [-0.2, -0.15) is 0 Å². The Bertz CT molecular complexity index is 411. The highest BCUT2D eigenvalue weighted by molar-refractivity contribution is 5.82. The zero-order valence-corrected chi connectivity index (χ0v) is 12.0. The van der Waals surface area contributed by atoms with Crippen molar-refractivity contribution >= 4 is 5.91 Å². The molecule has 0 N–H and O–H groups in total. The molecule has 2 rings (SSSR count). The van der Waals surface area contributed by atoms with Gasteiger partial charge >= 0.3 is 0 Å². The quantitative estimate of drug-likeness (QED) is 0.814. The number of carbonyl (C=O) groups is 1. The van der Waals surface area contributed by atoms with Gasteiger partial charge in [-0.3, -0.25) is 9.69 Å². The molecule has 0 bridgehead atoms. The molecule has 0 aromatic heterocycles. The van der Waals surface area contributed by atoms with Crippen LogP contribution in [0.15, 0.2) is 30.3 Å². The van der Waals surface area contributed by atoms with E-state index in [0.717, 1.165) is 31.7 Å². The SMILES string of the molecule is CN1CCN([C@@H](C(=O)N(C)C)c2ccccc2)CC1. The van der Waals surface area contributed by atoms with Gasteiger partial charge in [0.2, 0.25) is 5.91 Å². The smallest absolute Gasteiger partial charge is 0.244 e. The zero-order chi connectivity index (χ0) is 13.8. The predicted molar refractivity (Wildman–Crippen MR) is 76.9 cm³/mol. The molecule has 1 aromatic rings. The summed E-state index contributed by atoms with van der Waals surface area (Å²) in [5.74, 6) is 0.163. The maximum atomic E-state index is 12.5. The number of nitrogens with zero attached hydrogens (tertiary/aromatic N) is 3. The number of amides is 1. The van der Waals surface area contributed by atoms with Crippen molar-refractivity contribution in [3.63, 3.8) is 0 Å². The molecule has 1 atom stereocenters. The van der Waals surface area contributed by atoms with Crippen LogP contribution in [0.25, 0.3) is 0 Å². The lowest BCUT2D eigenvalue weighted by atomic mass is 10.0. The van der Waals surface area contributed by atoms with Crippen molar-refractivity contribution in [1.82, 2.24) is 14.7 Å². The number of likely N-dealkylation sites (N-methyl/N-ethyl adjacent to an activating group) is 2. The normalized spacial score (nSPS) is 19.1. The van der Waals surface area contributed by atoms with E-state index < -0.39 is 0 Å². The number of hydrogen-bond acceptors (Lipinski definition) is 3. The van der Waals surface area contributed by atoms with E-state index in [1.54, 1.807) is 4.90 Å². The summed E-state index contributed by atoms with van der Waals surface area (Å²) in [5, 5.41) is 0. The van der Waals surface area contributed by atoms with E-state index in [4.69, 9.17) is 0 Å². The molecule has 0 saturated carbocycles. The molecule has 1 aliphatic heterocycles. The number of piperazine rings is 1. The van der Waals surface area contributed by atoms with Gasteiger partial charge in [0.25, 0.3) is 0 Å². The standard InChI is InChI=1S/C15H23N3O/c1-16(2)15(19)14(13-7-5-4-6-8-13)18-11-9-17(3)10-12-18/h4-8,14H,9-12H2,1-3H3/t14-/m1/s1. The highest BCUT2D eigenvalue weighted by atomic mass is 16.2. The first-order valence-electron chi connectivity index (χ1n) is 6.78. The van der Waals surface area contributed by atoms with Crippen molar-refractivity contribution in [2.24, 2.45) is 0 Å².